The third-order valence-electron chi connectivity index (χ3n) is 2.23. The van der Waals surface area contributed by atoms with E-state index in [0.29, 0.717) is 12.5 Å². The van der Waals surface area contributed by atoms with Gasteiger partial charge in [0, 0.05) is 6.04 Å². The first-order chi connectivity index (χ1) is 6.02. The standard InChI is InChI=1S/C9H20N2O2/c1-5-7(11(2)3)6-8(10)9(12)13-4/h7-8H,5-6,10H2,1-4H3. The molecule has 0 aromatic carbocycles. The first kappa shape index (κ1) is 12.4. The molecule has 78 valence electrons. The van der Waals surface area contributed by atoms with Crippen LogP contribution in [-0.4, -0.2) is 44.2 Å². The van der Waals surface area contributed by atoms with E-state index in [2.05, 4.69) is 16.6 Å². The van der Waals surface area contributed by atoms with Crippen molar-refractivity contribution in [2.75, 3.05) is 21.2 Å². The third-order valence-corrected chi connectivity index (χ3v) is 2.23. The molecule has 0 amide bonds. The van der Waals surface area contributed by atoms with E-state index in [1.165, 1.54) is 7.11 Å². The summed E-state index contributed by atoms with van der Waals surface area (Å²) in [6.07, 6.45) is 1.63. The van der Waals surface area contributed by atoms with Gasteiger partial charge in [-0.25, -0.2) is 0 Å². The number of carbonyl (C=O) groups excluding carboxylic acids is 1. The molecule has 0 spiro atoms. The van der Waals surface area contributed by atoms with Crippen molar-refractivity contribution in [1.29, 1.82) is 0 Å². The number of hydrogen-bond donors (Lipinski definition) is 1. The molecule has 0 aromatic rings. The second kappa shape index (κ2) is 5.94. The summed E-state index contributed by atoms with van der Waals surface area (Å²) < 4.78 is 4.55. The monoisotopic (exact) mass is 188 g/mol. The number of hydrogen-bond acceptors (Lipinski definition) is 4. The molecule has 2 atom stereocenters. The van der Waals surface area contributed by atoms with E-state index in [4.69, 9.17) is 5.73 Å². The maximum Gasteiger partial charge on any atom is 0.322 e. The normalized spacial score (nSPS) is 15.5. The Kier molecular flexibility index (Phi) is 5.66. The van der Waals surface area contributed by atoms with Crippen LogP contribution in [0, 0.1) is 0 Å². The Bertz CT molecular complexity index is 160. The predicted molar refractivity (Wildman–Crippen MR) is 52.4 cm³/mol. The molecule has 0 aliphatic carbocycles. The minimum atomic E-state index is -0.502. The minimum Gasteiger partial charge on any atom is -0.468 e. The molecule has 13 heavy (non-hydrogen) atoms. The second-order valence-electron chi connectivity index (χ2n) is 3.39. The first-order valence-electron chi connectivity index (χ1n) is 4.52. The highest BCUT2D eigenvalue weighted by Crippen LogP contribution is 2.07. The Hall–Kier alpha value is -0.610. The molecule has 4 nitrogen and oxygen atoms in total. The van der Waals surface area contributed by atoms with Gasteiger partial charge in [0.1, 0.15) is 6.04 Å². The van der Waals surface area contributed by atoms with Crippen LogP contribution in [0.25, 0.3) is 0 Å². The minimum absolute atomic E-state index is 0.333. The molecule has 0 heterocycles. The lowest BCUT2D eigenvalue weighted by molar-refractivity contribution is -0.142. The smallest absolute Gasteiger partial charge is 0.322 e. The Morgan fingerprint density at radius 1 is 1.54 bits per heavy atom. The molecule has 0 aromatic heterocycles. The molecule has 2 N–H and O–H groups in total. The van der Waals surface area contributed by atoms with E-state index in [9.17, 15) is 4.79 Å². The van der Waals surface area contributed by atoms with Crippen molar-refractivity contribution in [3.05, 3.63) is 0 Å². The number of rotatable bonds is 5. The highest BCUT2D eigenvalue weighted by molar-refractivity contribution is 5.75. The molecule has 0 fully saturated rings. The third kappa shape index (κ3) is 4.24. The van der Waals surface area contributed by atoms with Crippen LogP contribution < -0.4 is 5.73 Å². The van der Waals surface area contributed by atoms with Crippen molar-refractivity contribution >= 4 is 5.97 Å². The van der Waals surface area contributed by atoms with Crippen molar-refractivity contribution in [1.82, 2.24) is 4.90 Å². The van der Waals surface area contributed by atoms with E-state index < -0.39 is 6.04 Å². The average molecular weight is 188 g/mol. The van der Waals surface area contributed by atoms with E-state index in [0.717, 1.165) is 6.42 Å². The molecule has 0 saturated carbocycles. The molecule has 0 aliphatic heterocycles. The van der Waals surface area contributed by atoms with Crippen molar-refractivity contribution < 1.29 is 9.53 Å². The fraction of sp³-hybridized carbons (Fsp3) is 0.889. The average Bonchev–Trinajstić information content (AvgIpc) is 2.11. The zero-order chi connectivity index (χ0) is 10.4. The first-order valence-corrected chi connectivity index (χ1v) is 4.52. The molecule has 0 aliphatic rings. The van der Waals surface area contributed by atoms with Crippen LogP contribution in [0.1, 0.15) is 19.8 Å². The van der Waals surface area contributed by atoms with Gasteiger partial charge in [-0.05, 0) is 26.9 Å². The van der Waals surface area contributed by atoms with Crippen LogP contribution in [0.4, 0.5) is 0 Å². The highest BCUT2D eigenvalue weighted by atomic mass is 16.5. The van der Waals surface area contributed by atoms with Gasteiger partial charge in [0.05, 0.1) is 7.11 Å². The Morgan fingerprint density at radius 3 is 2.38 bits per heavy atom. The molecule has 0 saturated heterocycles. The summed E-state index contributed by atoms with van der Waals surface area (Å²) in [5.74, 6) is -0.333. The van der Waals surface area contributed by atoms with E-state index in [1.54, 1.807) is 0 Å². The summed E-state index contributed by atoms with van der Waals surface area (Å²) in [5, 5.41) is 0. The number of nitrogens with zero attached hydrogens (tertiary/aromatic N) is 1. The van der Waals surface area contributed by atoms with Crippen LogP contribution >= 0.6 is 0 Å². The highest BCUT2D eigenvalue weighted by Gasteiger charge is 2.19. The van der Waals surface area contributed by atoms with Gasteiger partial charge in [0.25, 0.3) is 0 Å². The Labute approximate surface area is 80.0 Å². The lowest BCUT2D eigenvalue weighted by Gasteiger charge is -2.24. The molecular formula is C9H20N2O2. The number of ether oxygens (including phenoxy) is 1. The quantitative estimate of drug-likeness (QED) is 0.627. The van der Waals surface area contributed by atoms with Gasteiger partial charge in [-0.3, -0.25) is 4.79 Å². The van der Waals surface area contributed by atoms with Gasteiger partial charge in [-0.1, -0.05) is 6.92 Å². The zero-order valence-corrected chi connectivity index (χ0v) is 8.91. The topological polar surface area (TPSA) is 55.6 Å². The summed E-state index contributed by atoms with van der Waals surface area (Å²) in [6, 6.07) is -0.161. The van der Waals surface area contributed by atoms with Gasteiger partial charge in [0.2, 0.25) is 0 Å². The van der Waals surface area contributed by atoms with Gasteiger partial charge in [-0.2, -0.15) is 0 Å². The van der Waals surface area contributed by atoms with Crippen LogP contribution in [0.15, 0.2) is 0 Å². The molecule has 0 bridgehead atoms. The number of nitrogens with two attached hydrogens (primary N) is 1. The SMILES string of the molecule is CCC(CC(N)C(=O)OC)N(C)C. The van der Waals surface area contributed by atoms with Crippen molar-refractivity contribution in [3.8, 4) is 0 Å². The molecule has 0 rings (SSSR count). The predicted octanol–water partition coefficient (Wildman–Crippen LogP) is 0.217. The van der Waals surface area contributed by atoms with Crippen molar-refractivity contribution in [2.24, 2.45) is 5.73 Å². The Morgan fingerprint density at radius 2 is 2.08 bits per heavy atom. The molecule has 2 unspecified atom stereocenters. The van der Waals surface area contributed by atoms with Crippen LogP contribution in [0.3, 0.4) is 0 Å². The van der Waals surface area contributed by atoms with Crippen LogP contribution in [0.2, 0.25) is 0 Å². The fourth-order valence-corrected chi connectivity index (χ4v) is 1.28. The van der Waals surface area contributed by atoms with Gasteiger partial charge in [0.15, 0.2) is 0 Å². The molecule has 4 heteroatoms. The van der Waals surface area contributed by atoms with Gasteiger partial charge in [-0.15, -0.1) is 0 Å². The van der Waals surface area contributed by atoms with Crippen LogP contribution in [0.5, 0.6) is 0 Å². The van der Waals surface area contributed by atoms with Crippen molar-refractivity contribution in [3.63, 3.8) is 0 Å². The van der Waals surface area contributed by atoms with Gasteiger partial charge < -0.3 is 15.4 Å². The molecule has 0 radical (unpaired) electrons. The number of esters is 1. The lowest BCUT2D eigenvalue weighted by atomic mass is 10.0. The van der Waals surface area contributed by atoms with E-state index in [1.807, 2.05) is 14.1 Å². The van der Waals surface area contributed by atoms with Crippen LogP contribution in [-0.2, 0) is 9.53 Å². The van der Waals surface area contributed by atoms with E-state index in [-0.39, 0.29) is 5.97 Å². The fourth-order valence-electron chi connectivity index (χ4n) is 1.28. The summed E-state index contributed by atoms with van der Waals surface area (Å²) in [5.41, 5.74) is 5.64. The molecular weight excluding hydrogens is 168 g/mol. The largest absolute Gasteiger partial charge is 0.468 e. The summed E-state index contributed by atoms with van der Waals surface area (Å²) in [4.78, 5) is 13.1. The Balaban J connectivity index is 4.00. The zero-order valence-electron chi connectivity index (χ0n) is 8.91. The maximum absolute atomic E-state index is 11.0. The van der Waals surface area contributed by atoms with Crippen molar-refractivity contribution in [2.45, 2.75) is 31.8 Å². The summed E-state index contributed by atoms with van der Waals surface area (Å²) in [6.45, 7) is 2.08. The number of carbonyl (C=O) groups is 1. The van der Waals surface area contributed by atoms with Gasteiger partial charge >= 0.3 is 5.97 Å². The lowest BCUT2D eigenvalue weighted by Crippen LogP contribution is -2.39. The second-order valence-corrected chi connectivity index (χ2v) is 3.39. The summed E-state index contributed by atoms with van der Waals surface area (Å²) >= 11 is 0. The van der Waals surface area contributed by atoms with E-state index >= 15 is 0 Å². The maximum atomic E-state index is 11.0. The number of methoxy groups -OCH3 is 1. The summed E-state index contributed by atoms with van der Waals surface area (Å²) in [7, 11) is 5.33.